The minimum absolute atomic E-state index is 0.322. The highest BCUT2D eigenvalue weighted by Crippen LogP contribution is 2.25. The number of nitrogens with zero attached hydrogens (tertiary/aromatic N) is 5. The quantitative estimate of drug-likeness (QED) is 0.400. The van der Waals surface area contributed by atoms with Crippen molar-refractivity contribution in [2.75, 3.05) is 5.84 Å². The van der Waals surface area contributed by atoms with Crippen LogP contribution in [0.1, 0.15) is 5.89 Å². The van der Waals surface area contributed by atoms with Gasteiger partial charge in [-0.25, -0.2) is 9.07 Å². The van der Waals surface area contributed by atoms with Crippen LogP contribution in [0.25, 0.3) is 22.8 Å². The molecule has 2 N–H and O–H groups in total. The average molecular weight is 403 g/mol. The van der Waals surface area contributed by atoms with E-state index >= 15 is 0 Å². The number of halogens is 2. The van der Waals surface area contributed by atoms with E-state index in [0.29, 0.717) is 39.0 Å². The van der Waals surface area contributed by atoms with E-state index in [0.717, 1.165) is 5.56 Å². The molecule has 0 atom stereocenters. The van der Waals surface area contributed by atoms with Crippen LogP contribution in [-0.4, -0.2) is 25.0 Å². The van der Waals surface area contributed by atoms with Gasteiger partial charge >= 0.3 is 0 Å². The van der Waals surface area contributed by atoms with Gasteiger partial charge in [-0.2, -0.15) is 4.98 Å². The largest absolute Gasteiger partial charge is 0.338 e. The second-order valence-electron chi connectivity index (χ2n) is 5.49. The van der Waals surface area contributed by atoms with Crippen molar-refractivity contribution in [2.24, 2.45) is 0 Å². The minimum atomic E-state index is -0.322. The van der Waals surface area contributed by atoms with Crippen molar-refractivity contribution >= 4 is 23.4 Å². The third kappa shape index (κ3) is 3.79. The molecule has 4 rings (SSSR count). The van der Waals surface area contributed by atoms with Gasteiger partial charge in [-0.3, -0.25) is 0 Å². The Bertz CT molecular complexity index is 1060. The molecule has 0 radical (unpaired) electrons. The van der Waals surface area contributed by atoms with Gasteiger partial charge in [0.2, 0.25) is 16.9 Å². The van der Waals surface area contributed by atoms with Crippen LogP contribution >= 0.6 is 23.4 Å². The molecule has 4 aromatic rings. The molecule has 0 amide bonds. The first-order valence-corrected chi connectivity index (χ1v) is 9.14. The maximum absolute atomic E-state index is 13.0. The van der Waals surface area contributed by atoms with Gasteiger partial charge < -0.3 is 10.4 Å². The summed E-state index contributed by atoms with van der Waals surface area (Å²) in [6.07, 6.45) is 0. The summed E-state index contributed by atoms with van der Waals surface area (Å²) in [5.74, 6) is 7.44. The molecule has 2 aromatic carbocycles. The fourth-order valence-corrected chi connectivity index (χ4v) is 3.15. The first-order valence-electron chi connectivity index (χ1n) is 7.78. The van der Waals surface area contributed by atoms with Crippen LogP contribution in [0.3, 0.4) is 0 Å². The van der Waals surface area contributed by atoms with E-state index in [1.165, 1.54) is 28.6 Å². The molecule has 7 nitrogen and oxygen atoms in total. The highest BCUT2D eigenvalue weighted by Gasteiger charge is 2.15. The summed E-state index contributed by atoms with van der Waals surface area (Å²) in [6, 6.07) is 13.0. The SMILES string of the molecule is Nn1c(SCc2nc(-c3ccc(F)cc3)no2)nnc1-c1ccc(Cl)cc1. The van der Waals surface area contributed by atoms with Crippen LogP contribution in [0.4, 0.5) is 4.39 Å². The van der Waals surface area contributed by atoms with Crippen LogP contribution < -0.4 is 5.84 Å². The topological polar surface area (TPSA) is 95.7 Å². The Morgan fingerprint density at radius 2 is 1.74 bits per heavy atom. The van der Waals surface area contributed by atoms with E-state index in [9.17, 15) is 4.39 Å². The molecule has 0 aliphatic rings. The van der Waals surface area contributed by atoms with Crippen LogP contribution in [0.5, 0.6) is 0 Å². The summed E-state index contributed by atoms with van der Waals surface area (Å²) in [4.78, 5) is 4.30. The first kappa shape index (κ1) is 17.5. The second-order valence-corrected chi connectivity index (χ2v) is 6.87. The molecule has 0 saturated heterocycles. The Morgan fingerprint density at radius 3 is 2.48 bits per heavy atom. The van der Waals surface area contributed by atoms with Crippen LogP contribution in [-0.2, 0) is 5.75 Å². The van der Waals surface area contributed by atoms with E-state index in [-0.39, 0.29) is 5.82 Å². The molecule has 2 aromatic heterocycles. The number of rotatable bonds is 5. The number of aromatic nitrogens is 5. The van der Waals surface area contributed by atoms with Gasteiger partial charge in [-0.05, 0) is 48.5 Å². The van der Waals surface area contributed by atoms with Gasteiger partial charge in [-0.15, -0.1) is 10.2 Å². The number of hydrogen-bond acceptors (Lipinski definition) is 7. The highest BCUT2D eigenvalue weighted by molar-refractivity contribution is 7.98. The zero-order valence-electron chi connectivity index (χ0n) is 13.7. The van der Waals surface area contributed by atoms with E-state index < -0.39 is 0 Å². The summed E-state index contributed by atoms with van der Waals surface area (Å²) >= 11 is 7.21. The summed E-state index contributed by atoms with van der Waals surface area (Å²) in [6.45, 7) is 0. The zero-order chi connectivity index (χ0) is 18.8. The van der Waals surface area contributed by atoms with Crippen molar-refractivity contribution < 1.29 is 8.91 Å². The first-order chi connectivity index (χ1) is 13.1. The molecular weight excluding hydrogens is 391 g/mol. The molecule has 2 heterocycles. The lowest BCUT2D eigenvalue weighted by Gasteiger charge is -2.02. The predicted molar refractivity (Wildman–Crippen MR) is 99.9 cm³/mol. The summed E-state index contributed by atoms with van der Waals surface area (Å²) in [5.41, 5.74) is 1.47. The van der Waals surface area contributed by atoms with Crippen LogP contribution in [0, 0.1) is 5.82 Å². The number of benzene rings is 2. The Kier molecular flexibility index (Phi) is 4.78. The fourth-order valence-electron chi connectivity index (χ4n) is 2.33. The maximum Gasteiger partial charge on any atom is 0.237 e. The van der Waals surface area contributed by atoms with Crippen LogP contribution in [0.15, 0.2) is 58.2 Å². The lowest BCUT2D eigenvalue weighted by atomic mass is 10.2. The zero-order valence-corrected chi connectivity index (χ0v) is 15.3. The molecule has 0 saturated carbocycles. The van der Waals surface area contributed by atoms with Crippen molar-refractivity contribution in [3.05, 3.63) is 65.3 Å². The van der Waals surface area contributed by atoms with Gasteiger partial charge in [0.05, 0.1) is 5.75 Å². The van der Waals surface area contributed by atoms with Gasteiger partial charge in [0.1, 0.15) is 5.82 Å². The van der Waals surface area contributed by atoms with Crippen molar-refractivity contribution in [3.8, 4) is 22.8 Å². The second kappa shape index (κ2) is 7.37. The van der Waals surface area contributed by atoms with Crippen molar-refractivity contribution in [1.82, 2.24) is 25.0 Å². The van der Waals surface area contributed by atoms with E-state index in [1.807, 2.05) is 12.1 Å². The third-order valence-electron chi connectivity index (χ3n) is 3.66. The van der Waals surface area contributed by atoms with Crippen LogP contribution in [0.2, 0.25) is 5.02 Å². The van der Waals surface area contributed by atoms with Gasteiger partial charge in [0, 0.05) is 16.1 Å². The lowest BCUT2D eigenvalue weighted by molar-refractivity contribution is 0.391. The molecule has 0 fully saturated rings. The van der Waals surface area contributed by atoms with E-state index in [1.54, 1.807) is 24.3 Å². The Labute approximate surface area is 162 Å². The van der Waals surface area contributed by atoms with Crippen molar-refractivity contribution in [3.63, 3.8) is 0 Å². The molecule has 10 heteroatoms. The smallest absolute Gasteiger partial charge is 0.237 e. The number of nitrogen functional groups attached to an aromatic ring is 1. The summed E-state index contributed by atoms with van der Waals surface area (Å²) < 4.78 is 19.6. The molecule has 0 aliphatic heterocycles. The number of nitrogens with two attached hydrogens (primary N) is 1. The Balaban J connectivity index is 1.46. The third-order valence-corrected chi connectivity index (χ3v) is 4.84. The van der Waals surface area contributed by atoms with Crippen molar-refractivity contribution in [2.45, 2.75) is 10.9 Å². The highest BCUT2D eigenvalue weighted by atomic mass is 35.5. The Morgan fingerprint density at radius 1 is 1.04 bits per heavy atom. The maximum atomic E-state index is 13.0. The van der Waals surface area contributed by atoms with Gasteiger partial charge in [0.15, 0.2) is 5.82 Å². The monoisotopic (exact) mass is 402 g/mol. The molecule has 0 bridgehead atoms. The Hall–Kier alpha value is -2.91. The van der Waals surface area contributed by atoms with Crippen molar-refractivity contribution in [1.29, 1.82) is 0 Å². The molecule has 27 heavy (non-hydrogen) atoms. The lowest BCUT2D eigenvalue weighted by Crippen LogP contribution is -2.11. The minimum Gasteiger partial charge on any atom is -0.338 e. The van der Waals surface area contributed by atoms with E-state index in [2.05, 4.69) is 20.3 Å². The van der Waals surface area contributed by atoms with E-state index in [4.69, 9.17) is 22.0 Å². The molecule has 0 unspecified atom stereocenters. The molecule has 0 aliphatic carbocycles. The molecular formula is C17H12ClFN6OS. The summed E-state index contributed by atoms with van der Waals surface area (Å²) in [7, 11) is 0. The molecule has 0 spiro atoms. The van der Waals surface area contributed by atoms with Gasteiger partial charge in [0.25, 0.3) is 0 Å². The predicted octanol–water partition coefficient (Wildman–Crippen LogP) is 3.79. The average Bonchev–Trinajstić information content (AvgIpc) is 3.28. The normalized spacial score (nSPS) is 11.0. The standard InChI is InChI=1S/C17H12ClFN6OS/c18-12-5-1-11(2-6-12)16-22-23-17(25(16)20)27-9-14-21-15(24-26-14)10-3-7-13(19)8-4-10/h1-8H,9,20H2. The number of thioether (sulfide) groups is 1. The molecule has 136 valence electrons. The number of hydrogen-bond donors (Lipinski definition) is 1. The summed E-state index contributed by atoms with van der Waals surface area (Å²) in [5, 5.41) is 13.2. The fraction of sp³-hybridized carbons (Fsp3) is 0.0588. The van der Waals surface area contributed by atoms with Gasteiger partial charge in [-0.1, -0.05) is 28.5 Å².